The summed E-state index contributed by atoms with van der Waals surface area (Å²) in [6, 6.07) is 10.3. The maximum atomic E-state index is 12.4. The Balaban J connectivity index is 1.54. The largest absolute Gasteiger partial charge is 0.477 e. The number of aromatic amines is 1. The summed E-state index contributed by atoms with van der Waals surface area (Å²) in [5, 5.41) is 3.32. The maximum Gasteiger partial charge on any atom is 0.251 e. The van der Waals surface area contributed by atoms with E-state index in [4.69, 9.17) is 21.1 Å². The van der Waals surface area contributed by atoms with Crippen LogP contribution in [0.4, 0.5) is 0 Å². The number of rotatable bonds is 8. The lowest BCUT2D eigenvalue weighted by molar-refractivity contribution is -0.124. The standard InChI is InChI=1S/C25H27ClN4O4/c1-15(2)24(32)28-10-16-4-6-19(26)18(8-16)23-29-20(9-21(31)30-23)17-5-7-22(27-11-17)34-14-25(3)12-33-13-25/h4-9,11,15H,10,12-14H2,1-3H3,(H,28,32)(H,29,30,31). The van der Waals surface area contributed by atoms with E-state index in [1.165, 1.54) is 6.07 Å². The molecule has 1 aliphatic rings. The molecule has 3 aromatic rings. The number of hydrogen-bond acceptors (Lipinski definition) is 6. The fourth-order valence-corrected chi connectivity index (χ4v) is 3.60. The van der Waals surface area contributed by atoms with Crippen molar-refractivity contribution in [2.24, 2.45) is 11.3 Å². The van der Waals surface area contributed by atoms with E-state index in [-0.39, 0.29) is 22.8 Å². The van der Waals surface area contributed by atoms with Gasteiger partial charge in [0, 0.05) is 47.3 Å². The second-order valence-electron chi connectivity index (χ2n) is 9.14. The van der Waals surface area contributed by atoms with Gasteiger partial charge in [-0.3, -0.25) is 9.59 Å². The summed E-state index contributed by atoms with van der Waals surface area (Å²) in [7, 11) is 0. The third kappa shape index (κ3) is 5.63. The molecule has 0 atom stereocenters. The SMILES string of the molecule is CC(C)C(=O)NCc1ccc(Cl)c(-c2nc(-c3ccc(OCC4(C)COC4)nc3)cc(=O)[nH]2)c1. The number of nitrogens with one attached hydrogen (secondary N) is 2. The smallest absolute Gasteiger partial charge is 0.251 e. The molecule has 9 heteroatoms. The van der Waals surface area contributed by atoms with Crippen molar-refractivity contribution in [3.05, 3.63) is 63.5 Å². The Morgan fingerprint density at radius 2 is 2.06 bits per heavy atom. The highest BCUT2D eigenvalue weighted by Gasteiger charge is 2.34. The van der Waals surface area contributed by atoms with E-state index in [1.54, 1.807) is 18.3 Å². The molecule has 0 bridgehead atoms. The van der Waals surface area contributed by atoms with Crippen LogP contribution in [0.15, 0.2) is 47.4 Å². The van der Waals surface area contributed by atoms with Crippen molar-refractivity contribution < 1.29 is 14.3 Å². The highest BCUT2D eigenvalue weighted by Crippen LogP contribution is 2.29. The number of carbonyl (C=O) groups excluding carboxylic acids is 1. The highest BCUT2D eigenvalue weighted by atomic mass is 35.5. The number of amides is 1. The third-order valence-corrected chi connectivity index (χ3v) is 5.85. The fourth-order valence-electron chi connectivity index (χ4n) is 3.39. The quantitative estimate of drug-likeness (QED) is 0.505. The van der Waals surface area contributed by atoms with E-state index < -0.39 is 0 Å². The zero-order valence-corrected chi connectivity index (χ0v) is 20.1. The Morgan fingerprint density at radius 1 is 1.26 bits per heavy atom. The van der Waals surface area contributed by atoms with Crippen LogP contribution in [0.5, 0.6) is 5.88 Å². The van der Waals surface area contributed by atoms with Gasteiger partial charge in [-0.25, -0.2) is 9.97 Å². The Hall–Kier alpha value is -3.23. The highest BCUT2D eigenvalue weighted by molar-refractivity contribution is 6.33. The normalized spacial score (nSPS) is 14.5. The van der Waals surface area contributed by atoms with E-state index in [1.807, 2.05) is 32.0 Å². The second kappa shape index (κ2) is 9.95. The first-order valence-electron chi connectivity index (χ1n) is 11.1. The minimum Gasteiger partial charge on any atom is -0.477 e. The molecule has 2 N–H and O–H groups in total. The molecule has 2 aromatic heterocycles. The van der Waals surface area contributed by atoms with Gasteiger partial charge in [-0.2, -0.15) is 0 Å². The number of H-pyrrole nitrogens is 1. The molecule has 3 heterocycles. The minimum atomic E-state index is -0.312. The van der Waals surface area contributed by atoms with Crippen molar-refractivity contribution >= 4 is 17.5 Å². The van der Waals surface area contributed by atoms with Crippen molar-refractivity contribution in [2.75, 3.05) is 19.8 Å². The number of aromatic nitrogens is 3. The number of benzene rings is 1. The zero-order chi connectivity index (χ0) is 24.3. The molecular weight excluding hydrogens is 456 g/mol. The van der Waals surface area contributed by atoms with Crippen molar-refractivity contribution in [2.45, 2.75) is 27.3 Å². The summed E-state index contributed by atoms with van der Waals surface area (Å²) in [6.45, 7) is 8.00. The summed E-state index contributed by atoms with van der Waals surface area (Å²) in [6.07, 6.45) is 1.62. The number of halogens is 1. The number of ether oxygens (including phenoxy) is 2. The Morgan fingerprint density at radius 3 is 2.71 bits per heavy atom. The monoisotopic (exact) mass is 482 g/mol. The molecule has 1 aromatic carbocycles. The van der Waals surface area contributed by atoms with Gasteiger partial charge in [0.05, 0.1) is 30.5 Å². The molecule has 1 saturated heterocycles. The topological polar surface area (TPSA) is 106 Å². The van der Waals surface area contributed by atoms with Gasteiger partial charge in [0.1, 0.15) is 5.82 Å². The van der Waals surface area contributed by atoms with Crippen LogP contribution in [0.2, 0.25) is 5.02 Å². The van der Waals surface area contributed by atoms with Gasteiger partial charge in [0.15, 0.2) is 0 Å². The molecule has 34 heavy (non-hydrogen) atoms. The molecule has 178 valence electrons. The lowest BCUT2D eigenvalue weighted by atomic mass is 9.90. The summed E-state index contributed by atoms with van der Waals surface area (Å²) >= 11 is 6.42. The van der Waals surface area contributed by atoms with Crippen LogP contribution in [0, 0.1) is 11.3 Å². The van der Waals surface area contributed by atoms with Crippen molar-refractivity contribution in [3.8, 4) is 28.5 Å². The van der Waals surface area contributed by atoms with Crippen LogP contribution < -0.4 is 15.6 Å². The van der Waals surface area contributed by atoms with Crippen LogP contribution in [0.3, 0.4) is 0 Å². The zero-order valence-electron chi connectivity index (χ0n) is 19.4. The average molecular weight is 483 g/mol. The van der Waals surface area contributed by atoms with Crippen LogP contribution >= 0.6 is 11.6 Å². The van der Waals surface area contributed by atoms with E-state index in [0.29, 0.717) is 59.9 Å². The first kappa shape index (κ1) is 23.9. The number of carbonyl (C=O) groups is 1. The van der Waals surface area contributed by atoms with Gasteiger partial charge in [-0.05, 0) is 23.8 Å². The van der Waals surface area contributed by atoms with E-state index in [2.05, 4.69) is 27.2 Å². The van der Waals surface area contributed by atoms with Crippen molar-refractivity contribution in [3.63, 3.8) is 0 Å². The van der Waals surface area contributed by atoms with Gasteiger partial charge in [-0.15, -0.1) is 0 Å². The van der Waals surface area contributed by atoms with Crippen molar-refractivity contribution in [1.82, 2.24) is 20.3 Å². The fraction of sp³-hybridized carbons (Fsp3) is 0.360. The predicted octanol–water partition coefficient (Wildman–Crippen LogP) is 3.84. The summed E-state index contributed by atoms with van der Waals surface area (Å²) in [4.78, 5) is 36.0. The molecule has 4 rings (SSSR count). The Bertz CT molecular complexity index is 1240. The van der Waals surface area contributed by atoms with Gasteiger partial charge in [-0.1, -0.05) is 38.4 Å². The first-order valence-corrected chi connectivity index (χ1v) is 11.5. The molecule has 0 spiro atoms. The molecule has 1 amide bonds. The molecule has 1 fully saturated rings. The number of nitrogens with zero attached hydrogens (tertiary/aromatic N) is 2. The summed E-state index contributed by atoms with van der Waals surface area (Å²) in [5.41, 5.74) is 2.26. The molecular formula is C25H27ClN4O4. The van der Waals surface area contributed by atoms with Crippen LogP contribution in [0.1, 0.15) is 26.3 Å². The predicted molar refractivity (Wildman–Crippen MR) is 130 cm³/mol. The van der Waals surface area contributed by atoms with Crippen LogP contribution in [0.25, 0.3) is 22.6 Å². The Labute approximate surface area is 202 Å². The Kier molecular flexibility index (Phi) is 7.00. The third-order valence-electron chi connectivity index (χ3n) is 5.52. The van der Waals surface area contributed by atoms with Gasteiger partial charge >= 0.3 is 0 Å². The molecule has 1 aliphatic heterocycles. The second-order valence-corrected chi connectivity index (χ2v) is 9.55. The molecule has 0 radical (unpaired) electrons. The number of hydrogen-bond donors (Lipinski definition) is 2. The van der Waals surface area contributed by atoms with E-state index in [9.17, 15) is 9.59 Å². The van der Waals surface area contributed by atoms with Gasteiger partial charge in [0.2, 0.25) is 11.8 Å². The lowest BCUT2D eigenvalue weighted by Crippen LogP contribution is -2.44. The van der Waals surface area contributed by atoms with Crippen LogP contribution in [-0.4, -0.2) is 40.7 Å². The minimum absolute atomic E-state index is 0.0228. The van der Waals surface area contributed by atoms with Gasteiger partial charge < -0.3 is 19.8 Å². The van der Waals surface area contributed by atoms with Gasteiger partial charge in [0.25, 0.3) is 5.56 Å². The number of pyridine rings is 1. The molecule has 0 aliphatic carbocycles. The molecule has 0 saturated carbocycles. The van der Waals surface area contributed by atoms with Crippen LogP contribution in [-0.2, 0) is 16.1 Å². The summed E-state index contributed by atoms with van der Waals surface area (Å²) in [5.74, 6) is 0.686. The van der Waals surface area contributed by atoms with E-state index >= 15 is 0 Å². The molecule has 0 unspecified atom stereocenters. The maximum absolute atomic E-state index is 12.4. The van der Waals surface area contributed by atoms with Crippen molar-refractivity contribution in [1.29, 1.82) is 0 Å². The lowest BCUT2D eigenvalue weighted by Gasteiger charge is -2.37. The van der Waals surface area contributed by atoms with E-state index in [0.717, 1.165) is 5.56 Å². The average Bonchev–Trinajstić information content (AvgIpc) is 2.80. The summed E-state index contributed by atoms with van der Waals surface area (Å²) < 4.78 is 11.0. The molecule has 8 nitrogen and oxygen atoms in total. The first-order chi connectivity index (χ1) is 16.2.